The second kappa shape index (κ2) is 7.94. The molecule has 1 aliphatic rings. The third-order valence-corrected chi connectivity index (χ3v) is 5.35. The molecule has 0 radical (unpaired) electrons. The maximum absolute atomic E-state index is 12.5. The van der Waals surface area contributed by atoms with E-state index in [-0.39, 0.29) is 23.4 Å². The Morgan fingerprint density at radius 1 is 1.34 bits per heavy atom. The number of benzene rings is 1. The van der Waals surface area contributed by atoms with Gasteiger partial charge in [0.2, 0.25) is 5.91 Å². The molecule has 3 N–H and O–H groups in total. The van der Waals surface area contributed by atoms with Gasteiger partial charge in [-0.2, -0.15) is 0 Å². The number of piperidine rings is 1. The van der Waals surface area contributed by atoms with Gasteiger partial charge in [-0.15, -0.1) is 0 Å². The summed E-state index contributed by atoms with van der Waals surface area (Å²) in [6, 6.07) is 5.71. The molecule has 0 spiro atoms. The smallest absolute Gasteiger partial charge is 0.323 e. The minimum absolute atomic E-state index is 0.0753. The van der Waals surface area contributed by atoms with Crippen LogP contribution in [0.4, 0.5) is 5.69 Å². The van der Waals surface area contributed by atoms with E-state index in [1.54, 1.807) is 11.2 Å². The van der Waals surface area contributed by atoms with Gasteiger partial charge in [0, 0.05) is 37.9 Å². The first-order valence-electron chi connectivity index (χ1n) is 9.85. The lowest BCUT2D eigenvalue weighted by atomic mass is 9.94. The van der Waals surface area contributed by atoms with Crippen LogP contribution in [0.1, 0.15) is 36.7 Å². The minimum Gasteiger partial charge on any atom is -0.337 e. The van der Waals surface area contributed by atoms with Crippen molar-refractivity contribution in [2.45, 2.75) is 32.7 Å². The van der Waals surface area contributed by atoms with Crippen molar-refractivity contribution in [2.75, 3.05) is 18.4 Å². The van der Waals surface area contributed by atoms with E-state index in [4.69, 9.17) is 0 Å². The minimum atomic E-state index is -0.401. The van der Waals surface area contributed by atoms with Crippen LogP contribution in [0.15, 0.2) is 35.5 Å². The van der Waals surface area contributed by atoms with E-state index in [1.807, 2.05) is 22.8 Å². The van der Waals surface area contributed by atoms with Gasteiger partial charge in [-0.25, -0.2) is 9.78 Å². The molecule has 1 saturated heterocycles. The molecule has 0 bridgehead atoms. The number of H-pyrrole nitrogens is 2. The van der Waals surface area contributed by atoms with Crippen LogP contribution in [0.3, 0.4) is 0 Å². The van der Waals surface area contributed by atoms with Crippen LogP contribution in [0, 0.1) is 5.92 Å². The molecule has 2 aromatic heterocycles. The largest absolute Gasteiger partial charge is 0.337 e. The van der Waals surface area contributed by atoms with E-state index in [1.165, 1.54) is 6.20 Å². The van der Waals surface area contributed by atoms with Crippen molar-refractivity contribution in [1.82, 2.24) is 24.4 Å². The molecule has 29 heavy (non-hydrogen) atoms. The summed E-state index contributed by atoms with van der Waals surface area (Å²) < 4.78 is 2.05. The normalized spacial score (nSPS) is 16.9. The average molecular weight is 396 g/mol. The van der Waals surface area contributed by atoms with Crippen LogP contribution < -0.4 is 11.0 Å². The number of amides is 2. The molecule has 1 aliphatic heterocycles. The highest BCUT2D eigenvalue weighted by Crippen LogP contribution is 2.23. The van der Waals surface area contributed by atoms with E-state index in [0.29, 0.717) is 19.5 Å². The Kier molecular flexibility index (Phi) is 5.20. The van der Waals surface area contributed by atoms with Gasteiger partial charge in [-0.3, -0.25) is 9.59 Å². The quantitative estimate of drug-likeness (QED) is 0.611. The van der Waals surface area contributed by atoms with E-state index < -0.39 is 5.69 Å². The number of hydrogen-bond acceptors (Lipinski definition) is 4. The van der Waals surface area contributed by atoms with Gasteiger partial charge in [-0.05, 0) is 43.9 Å². The molecule has 9 heteroatoms. The predicted octanol–water partition coefficient (Wildman–Crippen LogP) is 1.95. The number of nitrogens with one attached hydrogen (secondary N) is 3. The molecule has 152 valence electrons. The van der Waals surface area contributed by atoms with E-state index in [2.05, 4.69) is 27.2 Å². The van der Waals surface area contributed by atoms with Gasteiger partial charge in [0.15, 0.2) is 0 Å². The number of aromatic nitrogens is 4. The summed E-state index contributed by atoms with van der Waals surface area (Å²) in [6.45, 7) is 4.03. The van der Waals surface area contributed by atoms with E-state index >= 15 is 0 Å². The van der Waals surface area contributed by atoms with Gasteiger partial charge in [0.1, 0.15) is 5.69 Å². The third kappa shape index (κ3) is 4.08. The van der Waals surface area contributed by atoms with Crippen molar-refractivity contribution in [1.29, 1.82) is 0 Å². The number of nitrogens with zero attached hydrogens (tertiary/aromatic N) is 3. The number of anilines is 1. The lowest BCUT2D eigenvalue weighted by Crippen LogP contribution is -2.41. The van der Waals surface area contributed by atoms with Crippen molar-refractivity contribution in [3.63, 3.8) is 0 Å². The van der Waals surface area contributed by atoms with Crippen molar-refractivity contribution in [2.24, 2.45) is 5.92 Å². The summed E-state index contributed by atoms with van der Waals surface area (Å²) in [5, 5.41) is 2.94. The van der Waals surface area contributed by atoms with Crippen LogP contribution in [0.5, 0.6) is 0 Å². The van der Waals surface area contributed by atoms with Gasteiger partial charge in [0.25, 0.3) is 5.91 Å². The predicted molar refractivity (Wildman–Crippen MR) is 109 cm³/mol. The first kappa shape index (κ1) is 19.0. The molecule has 3 aromatic rings. The number of fused-ring (bicyclic) bond motifs is 1. The number of aromatic amines is 2. The van der Waals surface area contributed by atoms with Gasteiger partial charge >= 0.3 is 5.69 Å². The van der Waals surface area contributed by atoms with Crippen molar-refractivity contribution in [3.05, 3.63) is 46.9 Å². The molecule has 1 atom stereocenters. The molecule has 9 nitrogen and oxygen atoms in total. The summed E-state index contributed by atoms with van der Waals surface area (Å²) in [6.07, 6.45) is 5.24. The highest BCUT2D eigenvalue weighted by molar-refractivity contribution is 5.94. The fourth-order valence-corrected chi connectivity index (χ4v) is 3.90. The van der Waals surface area contributed by atoms with Crippen molar-refractivity contribution < 1.29 is 9.59 Å². The maximum Gasteiger partial charge on any atom is 0.323 e. The zero-order valence-corrected chi connectivity index (χ0v) is 16.3. The molecule has 2 amide bonds. The van der Waals surface area contributed by atoms with Gasteiger partial charge in [0.05, 0.1) is 17.4 Å². The SMILES string of the molecule is CCn1cnc2cc(NC(=O)C[C@@H]3CCCN(C(=O)c4c[nH]c(=O)[nH]4)C3)ccc21. The summed E-state index contributed by atoms with van der Waals surface area (Å²) in [4.78, 5) is 47.3. The molecule has 0 saturated carbocycles. The summed E-state index contributed by atoms with van der Waals surface area (Å²) in [5.41, 5.74) is 2.45. The number of hydrogen-bond donors (Lipinski definition) is 3. The maximum atomic E-state index is 12.5. The Balaban J connectivity index is 1.36. The van der Waals surface area contributed by atoms with Crippen molar-refractivity contribution in [3.8, 4) is 0 Å². The Hall–Kier alpha value is -3.36. The van der Waals surface area contributed by atoms with E-state index in [0.717, 1.165) is 36.1 Å². The number of likely N-dealkylation sites (tertiary alicyclic amines) is 1. The van der Waals surface area contributed by atoms with Crippen molar-refractivity contribution >= 4 is 28.5 Å². The lowest BCUT2D eigenvalue weighted by molar-refractivity contribution is -0.117. The zero-order valence-electron chi connectivity index (χ0n) is 16.3. The second-order valence-electron chi connectivity index (χ2n) is 7.40. The number of carbonyl (C=O) groups excluding carboxylic acids is 2. The summed E-state index contributed by atoms with van der Waals surface area (Å²) in [7, 11) is 0. The lowest BCUT2D eigenvalue weighted by Gasteiger charge is -2.32. The van der Waals surface area contributed by atoms with Crippen LogP contribution in [-0.2, 0) is 11.3 Å². The third-order valence-electron chi connectivity index (χ3n) is 5.35. The van der Waals surface area contributed by atoms with E-state index in [9.17, 15) is 14.4 Å². The van der Waals surface area contributed by atoms with Crippen LogP contribution in [-0.4, -0.2) is 49.3 Å². The standard InChI is InChI=1S/C20H24N6O3/c1-2-25-12-22-15-9-14(5-6-17(15)25)23-18(27)8-13-4-3-7-26(11-13)19(28)16-10-21-20(29)24-16/h5-6,9-10,12-13H,2-4,7-8,11H2,1H3,(H,23,27)(H2,21,24,29)/t13-/m0/s1. The molecular weight excluding hydrogens is 372 g/mol. The fraction of sp³-hybridized carbons (Fsp3) is 0.400. The number of imidazole rings is 2. The Labute approximate surface area is 167 Å². The Bertz CT molecular complexity index is 1100. The number of rotatable bonds is 5. The van der Waals surface area contributed by atoms with Crippen LogP contribution in [0.25, 0.3) is 11.0 Å². The van der Waals surface area contributed by atoms with Gasteiger partial charge < -0.3 is 24.8 Å². The summed E-state index contributed by atoms with van der Waals surface area (Å²) >= 11 is 0. The monoisotopic (exact) mass is 396 g/mol. The first-order chi connectivity index (χ1) is 14.0. The van der Waals surface area contributed by atoms with Crippen LogP contribution >= 0.6 is 0 Å². The summed E-state index contributed by atoms with van der Waals surface area (Å²) in [5.74, 6) is -0.208. The highest BCUT2D eigenvalue weighted by atomic mass is 16.2. The number of carbonyl (C=O) groups is 2. The molecule has 1 aromatic carbocycles. The Morgan fingerprint density at radius 2 is 2.21 bits per heavy atom. The molecular formula is C20H24N6O3. The molecule has 0 aliphatic carbocycles. The fourth-order valence-electron chi connectivity index (χ4n) is 3.90. The molecule has 3 heterocycles. The topological polar surface area (TPSA) is 116 Å². The number of aryl methyl sites for hydroxylation is 1. The Morgan fingerprint density at radius 3 is 2.97 bits per heavy atom. The second-order valence-corrected chi connectivity index (χ2v) is 7.40. The highest BCUT2D eigenvalue weighted by Gasteiger charge is 2.26. The molecule has 1 fully saturated rings. The zero-order chi connectivity index (χ0) is 20.4. The first-order valence-corrected chi connectivity index (χ1v) is 9.85. The molecule has 4 rings (SSSR count). The average Bonchev–Trinajstić information content (AvgIpc) is 3.33. The molecule has 0 unspecified atom stereocenters. The van der Waals surface area contributed by atoms with Crippen LogP contribution in [0.2, 0.25) is 0 Å². The van der Waals surface area contributed by atoms with Gasteiger partial charge in [-0.1, -0.05) is 0 Å².